The number of carbonyl (C=O) groups excluding carboxylic acids is 1. The van der Waals surface area contributed by atoms with Gasteiger partial charge in [-0.05, 0) is 32.1 Å². The summed E-state index contributed by atoms with van der Waals surface area (Å²) in [5.74, 6) is -1.03. The van der Waals surface area contributed by atoms with Crippen LogP contribution in [0.2, 0.25) is 0 Å². The van der Waals surface area contributed by atoms with Gasteiger partial charge in [0.1, 0.15) is 6.54 Å². The first-order valence-corrected chi connectivity index (χ1v) is 9.18. The van der Waals surface area contributed by atoms with E-state index >= 15 is 0 Å². The van der Waals surface area contributed by atoms with E-state index in [-0.39, 0.29) is 12.5 Å². The van der Waals surface area contributed by atoms with Crippen molar-refractivity contribution in [3.63, 3.8) is 0 Å². The number of carbonyl (C=O) groups is 2. The van der Waals surface area contributed by atoms with Gasteiger partial charge in [-0.1, -0.05) is 57.6 Å². The van der Waals surface area contributed by atoms with E-state index in [0.29, 0.717) is 6.42 Å². The maximum Gasteiger partial charge on any atom is 0.323 e. The maximum atomic E-state index is 11.6. The highest BCUT2D eigenvalue weighted by Gasteiger charge is 2.10. The molecule has 1 N–H and O–H groups in total. The molecule has 0 fully saturated rings. The van der Waals surface area contributed by atoms with Crippen molar-refractivity contribution in [1.82, 2.24) is 4.90 Å². The third kappa shape index (κ3) is 15.4. The fourth-order valence-corrected chi connectivity index (χ4v) is 2.48. The van der Waals surface area contributed by atoms with Gasteiger partial charge in [0, 0.05) is 13.5 Å². The summed E-state index contributed by atoms with van der Waals surface area (Å²) in [5.41, 5.74) is 0. The van der Waals surface area contributed by atoms with Crippen molar-refractivity contribution in [3.05, 3.63) is 12.2 Å². The number of amides is 1. The molecule has 0 saturated carbocycles. The smallest absolute Gasteiger partial charge is 0.323 e. The monoisotopic (exact) mass is 325 g/mol. The molecule has 134 valence electrons. The standard InChI is InChI=1S/C19H35NO3/c1-3-4-5-6-7-8-9-10-11-12-13-14-15-16-18(21)20(2)17-19(22)23/h9-10H,3-8,11-17H2,1-2H3,(H,22,23)/b10-9-. The maximum absolute atomic E-state index is 11.6. The number of nitrogens with zero attached hydrogens (tertiary/aromatic N) is 1. The number of carboxylic acid groups (broad SMARTS) is 1. The van der Waals surface area contributed by atoms with Gasteiger partial charge in [0.2, 0.25) is 5.91 Å². The number of carboxylic acids is 1. The third-order valence-electron chi connectivity index (χ3n) is 3.95. The minimum atomic E-state index is -0.960. The molecule has 0 aliphatic rings. The Morgan fingerprint density at radius 3 is 1.91 bits per heavy atom. The van der Waals surface area contributed by atoms with Gasteiger partial charge in [-0.3, -0.25) is 9.59 Å². The van der Waals surface area contributed by atoms with E-state index in [9.17, 15) is 9.59 Å². The van der Waals surface area contributed by atoms with Crippen molar-refractivity contribution in [2.24, 2.45) is 0 Å². The van der Waals surface area contributed by atoms with Crippen LogP contribution in [0.1, 0.15) is 84.0 Å². The second-order valence-corrected chi connectivity index (χ2v) is 6.27. The normalized spacial score (nSPS) is 11.0. The molecule has 0 atom stereocenters. The molecular formula is C19H35NO3. The molecular weight excluding hydrogens is 290 g/mol. The zero-order valence-corrected chi connectivity index (χ0v) is 15.1. The molecule has 4 nitrogen and oxygen atoms in total. The zero-order valence-electron chi connectivity index (χ0n) is 15.1. The lowest BCUT2D eigenvalue weighted by atomic mass is 10.1. The highest BCUT2D eigenvalue weighted by molar-refractivity contribution is 5.80. The Hall–Kier alpha value is -1.32. The topological polar surface area (TPSA) is 57.6 Å². The van der Waals surface area contributed by atoms with Gasteiger partial charge in [0.05, 0.1) is 0 Å². The van der Waals surface area contributed by atoms with Crippen molar-refractivity contribution in [3.8, 4) is 0 Å². The number of hydrogen-bond donors (Lipinski definition) is 1. The van der Waals surface area contributed by atoms with Crippen molar-refractivity contribution in [2.45, 2.75) is 84.0 Å². The third-order valence-corrected chi connectivity index (χ3v) is 3.95. The molecule has 0 aromatic heterocycles. The Bertz CT molecular complexity index is 340. The Labute approximate surface area is 141 Å². The van der Waals surface area contributed by atoms with Crippen molar-refractivity contribution in [2.75, 3.05) is 13.6 Å². The van der Waals surface area contributed by atoms with E-state index in [2.05, 4.69) is 19.1 Å². The van der Waals surface area contributed by atoms with Crippen LogP contribution in [0.15, 0.2) is 12.2 Å². The molecule has 0 aliphatic heterocycles. The number of allylic oxidation sites excluding steroid dienone is 2. The lowest BCUT2D eigenvalue weighted by Crippen LogP contribution is -2.31. The minimum absolute atomic E-state index is 0.0737. The number of likely N-dealkylation sites (N-methyl/N-ethyl adjacent to an activating group) is 1. The first kappa shape index (κ1) is 21.7. The molecule has 0 rings (SSSR count). The summed E-state index contributed by atoms with van der Waals surface area (Å²) in [4.78, 5) is 23.4. The molecule has 0 radical (unpaired) electrons. The van der Waals surface area contributed by atoms with Crippen LogP contribution in [0, 0.1) is 0 Å². The van der Waals surface area contributed by atoms with E-state index in [0.717, 1.165) is 25.7 Å². The van der Waals surface area contributed by atoms with Gasteiger partial charge in [-0.15, -0.1) is 0 Å². The van der Waals surface area contributed by atoms with Gasteiger partial charge in [-0.25, -0.2) is 0 Å². The quantitative estimate of drug-likeness (QED) is 0.348. The predicted octanol–water partition coefficient (Wildman–Crippen LogP) is 4.79. The Balaban J connectivity index is 3.36. The van der Waals surface area contributed by atoms with Crippen LogP contribution in [-0.2, 0) is 9.59 Å². The largest absolute Gasteiger partial charge is 0.480 e. The first-order chi connectivity index (χ1) is 11.1. The van der Waals surface area contributed by atoms with Gasteiger partial charge in [0.15, 0.2) is 0 Å². The van der Waals surface area contributed by atoms with Gasteiger partial charge in [0.25, 0.3) is 0 Å². The zero-order chi connectivity index (χ0) is 17.3. The lowest BCUT2D eigenvalue weighted by Gasteiger charge is -2.14. The number of hydrogen-bond acceptors (Lipinski definition) is 2. The SMILES string of the molecule is CCCCCCC/C=C\CCCCCCC(=O)N(C)CC(=O)O. The lowest BCUT2D eigenvalue weighted by molar-refractivity contribution is -0.143. The van der Waals surface area contributed by atoms with Crippen LogP contribution in [0.3, 0.4) is 0 Å². The summed E-state index contributed by atoms with van der Waals surface area (Å²) in [6.07, 6.45) is 18.3. The van der Waals surface area contributed by atoms with Gasteiger partial charge < -0.3 is 10.0 Å². The fraction of sp³-hybridized carbons (Fsp3) is 0.789. The summed E-state index contributed by atoms with van der Waals surface area (Å²) in [6.45, 7) is 2.03. The first-order valence-electron chi connectivity index (χ1n) is 9.18. The molecule has 0 bridgehead atoms. The number of unbranched alkanes of at least 4 members (excludes halogenated alkanes) is 9. The highest BCUT2D eigenvalue weighted by atomic mass is 16.4. The molecule has 1 amide bonds. The van der Waals surface area contributed by atoms with E-state index in [1.54, 1.807) is 7.05 Å². The minimum Gasteiger partial charge on any atom is -0.480 e. The molecule has 0 aromatic rings. The second kappa shape index (κ2) is 15.6. The van der Waals surface area contributed by atoms with Crippen LogP contribution >= 0.6 is 0 Å². The van der Waals surface area contributed by atoms with E-state index < -0.39 is 5.97 Å². The van der Waals surface area contributed by atoms with Crippen LogP contribution in [0.5, 0.6) is 0 Å². The Kier molecular flexibility index (Phi) is 14.7. The summed E-state index contributed by atoms with van der Waals surface area (Å²) in [7, 11) is 1.55. The van der Waals surface area contributed by atoms with E-state index in [4.69, 9.17) is 5.11 Å². The molecule has 0 saturated heterocycles. The predicted molar refractivity (Wildman–Crippen MR) is 95.5 cm³/mol. The van der Waals surface area contributed by atoms with Crippen molar-refractivity contribution < 1.29 is 14.7 Å². The molecule has 4 heteroatoms. The number of rotatable bonds is 15. The number of aliphatic carboxylic acids is 1. The van der Waals surface area contributed by atoms with Crippen LogP contribution < -0.4 is 0 Å². The Morgan fingerprint density at radius 2 is 1.39 bits per heavy atom. The van der Waals surface area contributed by atoms with E-state index in [1.165, 1.54) is 49.8 Å². The summed E-state index contributed by atoms with van der Waals surface area (Å²) >= 11 is 0. The van der Waals surface area contributed by atoms with Crippen LogP contribution in [0.25, 0.3) is 0 Å². The molecule has 0 unspecified atom stereocenters. The van der Waals surface area contributed by atoms with Gasteiger partial charge in [-0.2, -0.15) is 0 Å². The van der Waals surface area contributed by atoms with Crippen LogP contribution in [-0.4, -0.2) is 35.5 Å². The summed E-state index contributed by atoms with van der Waals surface area (Å²) in [5, 5.41) is 8.62. The average molecular weight is 325 g/mol. The average Bonchev–Trinajstić information content (AvgIpc) is 2.51. The van der Waals surface area contributed by atoms with Gasteiger partial charge >= 0.3 is 5.97 Å². The van der Waals surface area contributed by atoms with Crippen molar-refractivity contribution >= 4 is 11.9 Å². The molecule has 0 aliphatic carbocycles. The van der Waals surface area contributed by atoms with Crippen molar-refractivity contribution in [1.29, 1.82) is 0 Å². The highest BCUT2D eigenvalue weighted by Crippen LogP contribution is 2.09. The second-order valence-electron chi connectivity index (χ2n) is 6.27. The molecule has 0 aromatic carbocycles. The molecule has 23 heavy (non-hydrogen) atoms. The molecule has 0 spiro atoms. The summed E-state index contributed by atoms with van der Waals surface area (Å²) in [6, 6.07) is 0. The van der Waals surface area contributed by atoms with Crippen LogP contribution in [0.4, 0.5) is 0 Å². The Morgan fingerprint density at radius 1 is 0.870 bits per heavy atom. The van der Waals surface area contributed by atoms with E-state index in [1.807, 2.05) is 0 Å². The summed E-state index contributed by atoms with van der Waals surface area (Å²) < 4.78 is 0. The molecule has 0 heterocycles. The fourth-order valence-electron chi connectivity index (χ4n) is 2.48.